The highest BCUT2D eigenvalue weighted by molar-refractivity contribution is 7.86. The number of nitrogens with zero attached hydrogens (tertiary/aromatic N) is 2. The standard InChI is InChI=1S/C17H20N2O6S2/c1-18(2)13-7-5-11(9-15(13)26(21)22)17(20)12-6-8-14(19(3)4)16(10-12)27(23,24)25/h5-10H,1-4H3,(H,21,22)(H,23,24,25). The van der Waals surface area contributed by atoms with Crippen LogP contribution in [0.25, 0.3) is 0 Å². The summed E-state index contributed by atoms with van der Waals surface area (Å²) < 4.78 is 53.9. The monoisotopic (exact) mass is 412 g/mol. The number of rotatable bonds is 6. The first kappa shape index (κ1) is 21.0. The molecule has 0 fully saturated rings. The highest BCUT2D eigenvalue weighted by Crippen LogP contribution is 2.28. The van der Waals surface area contributed by atoms with Gasteiger partial charge in [0.25, 0.3) is 10.1 Å². The summed E-state index contributed by atoms with van der Waals surface area (Å²) in [7, 11) is 2.07. The minimum absolute atomic E-state index is 0.0282. The summed E-state index contributed by atoms with van der Waals surface area (Å²) in [6.45, 7) is 0. The van der Waals surface area contributed by atoms with Crippen LogP contribution in [0.3, 0.4) is 0 Å². The largest absolute Gasteiger partial charge is 0.377 e. The molecule has 0 aromatic heterocycles. The molecule has 2 rings (SSSR count). The Kier molecular flexibility index (Phi) is 6.05. The third-order valence-corrected chi connectivity index (χ3v) is 5.46. The van der Waals surface area contributed by atoms with Crippen molar-refractivity contribution in [3.8, 4) is 0 Å². The van der Waals surface area contributed by atoms with Gasteiger partial charge in [-0.25, -0.2) is 4.21 Å². The average molecular weight is 412 g/mol. The van der Waals surface area contributed by atoms with Crippen LogP contribution in [-0.4, -0.2) is 55.7 Å². The molecule has 0 saturated carbocycles. The molecule has 8 nitrogen and oxygen atoms in total. The molecule has 10 heteroatoms. The average Bonchev–Trinajstić information content (AvgIpc) is 2.59. The van der Waals surface area contributed by atoms with Crippen LogP contribution in [0, 0.1) is 0 Å². The van der Waals surface area contributed by atoms with Crippen molar-refractivity contribution >= 4 is 38.4 Å². The van der Waals surface area contributed by atoms with Gasteiger partial charge in [0.1, 0.15) is 4.90 Å². The van der Waals surface area contributed by atoms with E-state index >= 15 is 0 Å². The third-order valence-electron chi connectivity index (χ3n) is 3.87. The Balaban J connectivity index is 2.59. The van der Waals surface area contributed by atoms with Gasteiger partial charge in [0.05, 0.1) is 16.3 Å². The van der Waals surface area contributed by atoms with Crippen LogP contribution in [0.1, 0.15) is 15.9 Å². The number of ketones is 1. The summed E-state index contributed by atoms with van der Waals surface area (Å²) in [5, 5.41) is 0. The molecule has 2 aromatic carbocycles. The van der Waals surface area contributed by atoms with Gasteiger partial charge in [0.2, 0.25) is 0 Å². The van der Waals surface area contributed by atoms with Gasteiger partial charge in [-0.05, 0) is 36.4 Å². The molecule has 0 saturated heterocycles. The Morgan fingerprint density at radius 1 is 0.926 bits per heavy atom. The first-order valence-corrected chi connectivity index (χ1v) is 10.2. The van der Waals surface area contributed by atoms with Crippen molar-refractivity contribution in [1.82, 2.24) is 0 Å². The van der Waals surface area contributed by atoms with Crippen LogP contribution in [0.5, 0.6) is 0 Å². The van der Waals surface area contributed by atoms with Gasteiger partial charge >= 0.3 is 0 Å². The van der Waals surface area contributed by atoms with Gasteiger partial charge in [0, 0.05) is 39.3 Å². The van der Waals surface area contributed by atoms with E-state index in [-0.39, 0.29) is 21.7 Å². The van der Waals surface area contributed by atoms with E-state index in [9.17, 15) is 26.5 Å². The third kappa shape index (κ3) is 4.53. The highest BCUT2D eigenvalue weighted by atomic mass is 32.2. The quantitative estimate of drug-likeness (QED) is 0.420. The maximum absolute atomic E-state index is 12.8. The number of hydrogen-bond donors (Lipinski definition) is 2. The van der Waals surface area contributed by atoms with Gasteiger partial charge in [-0.15, -0.1) is 0 Å². The smallest absolute Gasteiger partial charge is 0.296 e. The van der Waals surface area contributed by atoms with Crippen molar-refractivity contribution in [1.29, 1.82) is 0 Å². The molecule has 0 radical (unpaired) electrons. The molecule has 2 aromatic rings. The molecule has 1 atom stereocenters. The summed E-state index contributed by atoms with van der Waals surface area (Å²) in [6.07, 6.45) is 0. The van der Waals surface area contributed by atoms with E-state index in [1.807, 2.05) is 0 Å². The van der Waals surface area contributed by atoms with Crippen molar-refractivity contribution in [2.75, 3.05) is 38.0 Å². The van der Waals surface area contributed by atoms with Crippen LogP contribution in [0.4, 0.5) is 11.4 Å². The minimum Gasteiger partial charge on any atom is -0.377 e. The number of carbonyl (C=O) groups is 1. The summed E-state index contributed by atoms with van der Waals surface area (Å²) in [4.78, 5) is 15.6. The first-order valence-electron chi connectivity index (χ1n) is 7.69. The Hall–Kier alpha value is -2.27. The van der Waals surface area contributed by atoms with E-state index in [0.717, 1.165) is 6.07 Å². The predicted molar refractivity (Wildman–Crippen MR) is 104 cm³/mol. The van der Waals surface area contributed by atoms with Gasteiger partial charge in [-0.1, -0.05) is 0 Å². The molecule has 27 heavy (non-hydrogen) atoms. The van der Waals surface area contributed by atoms with Crippen molar-refractivity contribution in [2.24, 2.45) is 0 Å². The van der Waals surface area contributed by atoms with E-state index in [0.29, 0.717) is 5.69 Å². The summed E-state index contributed by atoms with van der Waals surface area (Å²) in [5.74, 6) is -0.540. The lowest BCUT2D eigenvalue weighted by Crippen LogP contribution is -2.15. The van der Waals surface area contributed by atoms with Gasteiger partial charge in [0.15, 0.2) is 16.9 Å². The normalized spacial score (nSPS) is 12.5. The minimum atomic E-state index is -4.55. The fourth-order valence-corrected chi connectivity index (χ4v) is 4.01. The molecular weight excluding hydrogens is 392 g/mol. The zero-order valence-corrected chi connectivity index (χ0v) is 16.8. The van der Waals surface area contributed by atoms with E-state index in [4.69, 9.17) is 0 Å². The predicted octanol–water partition coefficient (Wildman–Crippen LogP) is 1.88. The topological polar surface area (TPSA) is 115 Å². The first-order chi connectivity index (χ1) is 12.4. The van der Waals surface area contributed by atoms with Crippen LogP contribution in [-0.2, 0) is 21.2 Å². The van der Waals surface area contributed by atoms with Crippen molar-refractivity contribution in [3.05, 3.63) is 47.5 Å². The van der Waals surface area contributed by atoms with Gasteiger partial charge in [-0.3, -0.25) is 9.35 Å². The highest BCUT2D eigenvalue weighted by Gasteiger charge is 2.21. The fourth-order valence-electron chi connectivity index (χ4n) is 2.56. The van der Waals surface area contributed by atoms with E-state index < -0.39 is 31.9 Å². The van der Waals surface area contributed by atoms with Crippen molar-refractivity contribution in [2.45, 2.75) is 9.79 Å². The Morgan fingerprint density at radius 3 is 1.85 bits per heavy atom. The summed E-state index contributed by atoms with van der Waals surface area (Å²) in [6, 6.07) is 8.25. The van der Waals surface area contributed by atoms with E-state index in [1.54, 1.807) is 33.1 Å². The SMILES string of the molecule is CN(C)c1ccc(C(=O)c2ccc(N(C)C)c(S(=O)(=O)O)c2)cc1S(=O)O. The molecule has 2 N–H and O–H groups in total. The van der Waals surface area contributed by atoms with Gasteiger partial charge in [-0.2, -0.15) is 8.42 Å². The summed E-state index contributed by atoms with van der Waals surface area (Å²) >= 11 is -2.31. The van der Waals surface area contributed by atoms with Crippen molar-refractivity contribution in [3.63, 3.8) is 0 Å². The van der Waals surface area contributed by atoms with E-state index in [2.05, 4.69) is 0 Å². The maximum atomic E-state index is 12.8. The lowest BCUT2D eigenvalue weighted by molar-refractivity contribution is 0.103. The molecule has 146 valence electrons. The molecule has 0 aliphatic rings. The maximum Gasteiger partial charge on any atom is 0.296 e. The second-order valence-corrected chi connectivity index (χ2v) is 8.54. The Labute approximate surface area is 160 Å². The molecule has 0 amide bonds. The number of hydrogen-bond acceptors (Lipinski definition) is 6. The van der Waals surface area contributed by atoms with E-state index in [1.165, 1.54) is 35.2 Å². The van der Waals surface area contributed by atoms with Crippen molar-refractivity contribution < 1.29 is 26.5 Å². The lowest BCUT2D eigenvalue weighted by Gasteiger charge is -2.17. The molecule has 0 bridgehead atoms. The zero-order chi connectivity index (χ0) is 20.5. The number of carbonyl (C=O) groups excluding carboxylic acids is 1. The summed E-state index contributed by atoms with van der Waals surface area (Å²) in [5.41, 5.74) is 0.862. The van der Waals surface area contributed by atoms with Crippen LogP contribution >= 0.6 is 0 Å². The molecule has 0 heterocycles. The lowest BCUT2D eigenvalue weighted by atomic mass is 10.0. The molecule has 1 unspecified atom stereocenters. The zero-order valence-electron chi connectivity index (χ0n) is 15.2. The molecule has 0 spiro atoms. The second kappa shape index (κ2) is 7.77. The van der Waals surface area contributed by atoms with Crippen LogP contribution in [0.15, 0.2) is 46.2 Å². The Bertz CT molecular complexity index is 1020. The number of benzene rings is 2. The Morgan fingerprint density at radius 2 is 1.41 bits per heavy atom. The van der Waals surface area contributed by atoms with Crippen LogP contribution in [0.2, 0.25) is 0 Å². The van der Waals surface area contributed by atoms with Crippen LogP contribution < -0.4 is 9.80 Å². The fraction of sp³-hybridized carbons (Fsp3) is 0.235. The molecular formula is C17H20N2O6S2. The second-order valence-electron chi connectivity index (χ2n) is 6.21. The molecule has 0 aliphatic carbocycles. The molecule has 0 aliphatic heterocycles. The van der Waals surface area contributed by atoms with Gasteiger partial charge < -0.3 is 14.4 Å². The number of anilines is 2.